The number of hydrogen-bond acceptors (Lipinski definition) is 3. The van der Waals surface area contributed by atoms with E-state index < -0.39 is 5.82 Å². The van der Waals surface area contributed by atoms with Crippen LogP contribution < -0.4 is 15.4 Å². The summed E-state index contributed by atoms with van der Waals surface area (Å²) in [7, 11) is 1.39. The van der Waals surface area contributed by atoms with Crippen LogP contribution in [0.2, 0.25) is 0 Å². The summed E-state index contributed by atoms with van der Waals surface area (Å²) in [4.78, 5) is 12.0. The van der Waals surface area contributed by atoms with Gasteiger partial charge in [0, 0.05) is 11.8 Å². The van der Waals surface area contributed by atoms with Crippen LogP contribution in [-0.4, -0.2) is 25.6 Å². The number of ether oxygens (including phenoxy) is 1. The molecule has 18 heavy (non-hydrogen) atoms. The van der Waals surface area contributed by atoms with Gasteiger partial charge in [0.15, 0.2) is 11.6 Å². The molecule has 5 heteroatoms. The van der Waals surface area contributed by atoms with Gasteiger partial charge in [0.05, 0.1) is 13.2 Å². The fraction of sp³-hybridized carbons (Fsp3) is 0.462. The van der Waals surface area contributed by atoms with Gasteiger partial charge in [-0.2, -0.15) is 0 Å². The predicted molar refractivity (Wildman–Crippen MR) is 67.2 cm³/mol. The maximum atomic E-state index is 13.2. The second-order valence-electron chi connectivity index (χ2n) is 4.54. The minimum atomic E-state index is -0.442. The molecule has 2 unspecified atom stereocenters. The van der Waals surface area contributed by atoms with Crippen LogP contribution >= 0.6 is 0 Å². The SMILES string of the molecule is COc1cc(NC(=O)C2NCCC2C)ccc1F. The molecule has 1 aliphatic rings. The number of hydrogen-bond donors (Lipinski definition) is 2. The summed E-state index contributed by atoms with van der Waals surface area (Å²) in [6, 6.07) is 4.10. The second-order valence-corrected chi connectivity index (χ2v) is 4.54. The van der Waals surface area contributed by atoms with E-state index in [1.165, 1.54) is 25.3 Å². The van der Waals surface area contributed by atoms with Gasteiger partial charge >= 0.3 is 0 Å². The molecule has 0 bridgehead atoms. The van der Waals surface area contributed by atoms with Crippen LogP contribution in [0, 0.1) is 11.7 Å². The standard InChI is InChI=1S/C13H17FN2O2/c1-8-5-6-15-12(8)13(17)16-9-3-4-10(14)11(7-9)18-2/h3-4,7-8,12,15H,5-6H2,1-2H3,(H,16,17). The van der Waals surface area contributed by atoms with Crippen molar-refractivity contribution in [2.24, 2.45) is 5.92 Å². The number of benzene rings is 1. The Morgan fingerprint density at radius 3 is 2.94 bits per heavy atom. The van der Waals surface area contributed by atoms with Crippen molar-refractivity contribution < 1.29 is 13.9 Å². The quantitative estimate of drug-likeness (QED) is 0.862. The molecule has 1 saturated heterocycles. The summed E-state index contributed by atoms with van der Waals surface area (Å²) < 4.78 is 18.1. The normalized spacial score (nSPS) is 22.8. The molecule has 1 aromatic rings. The molecule has 0 spiro atoms. The Kier molecular flexibility index (Phi) is 3.81. The van der Waals surface area contributed by atoms with Gasteiger partial charge in [-0.25, -0.2) is 4.39 Å². The van der Waals surface area contributed by atoms with Gasteiger partial charge in [0.2, 0.25) is 5.91 Å². The summed E-state index contributed by atoms with van der Waals surface area (Å²) in [6.07, 6.45) is 0.991. The zero-order valence-corrected chi connectivity index (χ0v) is 10.5. The molecule has 2 N–H and O–H groups in total. The Morgan fingerprint density at radius 1 is 1.56 bits per heavy atom. The Bertz CT molecular complexity index is 451. The number of anilines is 1. The van der Waals surface area contributed by atoms with Crippen LogP contribution in [0.3, 0.4) is 0 Å². The van der Waals surface area contributed by atoms with Crippen molar-refractivity contribution >= 4 is 11.6 Å². The summed E-state index contributed by atoms with van der Waals surface area (Å²) in [6.45, 7) is 2.89. The van der Waals surface area contributed by atoms with Gasteiger partial charge in [0.25, 0.3) is 0 Å². The van der Waals surface area contributed by atoms with Crippen molar-refractivity contribution in [2.45, 2.75) is 19.4 Å². The fourth-order valence-corrected chi connectivity index (χ4v) is 2.14. The van der Waals surface area contributed by atoms with Gasteiger partial charge in [-0.15, -0.1) is 0 Å². The van der Waals surface area contributed by atoms with Crippen molar-refractivity contribution in [3.05, 3.63) is 24.0 Å². The molecular formula is C13H17FN2O2. The highest BCUT2D eigenvalue weighted by Gasteiger charge is 2.29. The minimum Gasteiger partial charge on any atom is -0.494 e. The van der Waals surface area contributed by atoms with Gasteiger partial charge in [0.1, 0.15) is 0 Å². The largest absolute Gasteiger partial charge is 0.494 e. The van der Waals surface area contributed by atoms with Crippen molar-refractivity contribution in [2.75, 3.05) is 19.0 Å². The number of rotatable bonds is 3. The summed E-state index contributed by atoms with van der Waals surface area (Å²) in [5.41, 5.74) is 0.541. The molecule has 4 nitrogen and oxygen atoms in total. The molecule has 0 radical (unpaired) electrons. The number of methoxy groups -OCH3 is 1. The first-order valence-corrected chi connectivity index (χ1v) is 5.99. The molecule has 0 saturated carbocycles. The Morgan fingerprint density at radius 2 is 2.33 bits per heavy atom. The maximum absolute atomic E-state index is 13.2. The molecule has 98 valence electrons. The topological polar surface area (TPSA) is 50.4 Å². The lowest BCUT2D eigenvalue weighted by Crippen LogP contribution is -2.39. The average Bonchev–Trinajstić information content (AvgIpc) is 2.78. The summed E-state index contributed by atoms with van der Waals surface area (Å²) in [5, 5.41) is 5.92. The van der Waals surface area contributed by atoms with Gasteiger partial charge in [-0.3, -0.25) is 4.79 Å². The number of nitrogens with one attached hydrogen (secondary N) is 2. The third-order valence-corrected chi connectivity index (χ3v) is 3.23. The van der Waals surface area contributed by atoms with Crippen molar-refractivity contribution in [1.29, 1.82) is 0 Å². The molecule has 2 rings (SSSR count). The smallest absolute Gasteiger partial charge is 0.241 e. The number of amides is 1. The van der Waals surface area contributed by atoms with Crippen LogP contribution in [0.25, 0.3) is 0 Å². The van der Waals surface area contributed by atoms with E-state index in [1.54, 1.807) is 0 Å². The van der Waals surface area contributed by atoms with E-state index in [9.17, 15) is 9.18 Å². The summed E-state index contributed by atoms with van der Waals surface area (Å²) >= 11 is 0. The van der Waals surface area contributed by atoms with Crippen molar-refractivity contribution in [1.82, 2.24) is 5.32 Å². The first-order valence-electron chi connectivity index (χ1n) is 5.99. The second kappa shape index (κ2) is 5.35. The van der Waals surface area contributed by atoms with Crippen LogP contribution in [-0.2, 0) is 4.79 Å². The Labute approximate surface area is 106 Å². The first kappa shape index (κ1) is 12.8. The first-order chi connectivity index (χ1) is 8.61. The van der Waals surface area contributed by atoms with Crippen molar-refractivity contribution in [3.8, 4) is 5.75 Å². The maximum Gasteiger partial charge on any atom is 0.241 e. The molecule has 2 atom stereocenters. The molecule has 1 aliphatic heterocycles. The zero-order valence-electron chi connectivity index (χ0n) is 10.5. The van der Waals surface area contributed by atoms with Crippen molar-refractivity contribution in [3.63, 3.8) is 0 Å². The minimum absolute atomic E-state index is 0.0892. The third kappa shape index (κ3) is 2.61. The lowest BCUT2D eigenvalue weighted by molar-refractivity contribution is -0.118. The number of halogens is 1. The van der Waals surface area contributed by atoms with E-state index >= 15 is 0 Å². The van der Waals surface area contributed by atoms with E-state index in [2.05, 4.69) is 10.6 Å². The number of carbonyl (C=O) groups is 1. The monoisotopic (exact) mass is 252 g/mol. The van der Waals surface area contributed by atoms with E-state index in [0.29, 0.717) is 11.6 Å². The van der Waals surface area contributed by atoms with Crippen LogP contribution in [0.5, 0.6) is 5.75 Å². The van der Waals surface area contributed by atoms with Crippen LogP contribution in [0.1, 0.15) is 13.3 Å². The lowest BCUT2D eigenvalue weighted by atomic mass is 10.0. The average molecular weight is 252 g/mol. The van der Waals surface area contributed by atoms with Gasteiger partial charge in [-0.1, -0.05) is 6.92 Å². The van der Waals surface area contributed by atoms with Gasteiger partial charge < -0.3 is 15.4 Å². The van der Waals surface area contributed by atoms with E-state index in [4.69, 9.17) is 4.74 Å². The van der Waals surface area contributed by atoms with Crippen LogP contribution in [0.15, 0.2) is 18.2 Å². The third-order valence-electron chi connectivity index (χ3n) is 3.23. The zero-order chi connectivity index (χ0) is 13.1. The van der Waals surface area contributed by atoms with Gasteiger partial charge in [-0.05, 0) is 31.0 Å². The highest BCUT2D eigenvalue weighted by atomic mass is 19.1. The Hall–Kier alpha value is -1.62. The molecule has 1 fully saturated rings. The van der Waals surface area contributed by atoms with E-state index in [-0.39, 0.29) is 17.7 Å². The predicted octanol–water partition coefficient (Wildman–Crippen LogP) is 1.77. The van der Waals surface area contributed by atoms with E-state index in [1.807, 2.05) is 6.92 Å². The molecule has 1 amide bonds. The highest BCUT2D eigenvalue weighted by molar-refractivity contribution is 5.95. The molecule has 1 heterocycles. The molecule has 0 aromatic heterocycles. The number of carbonyl (C=O) groups excluding carboxylic acids is 1. The van der Waals surface area contributed by atoms with E-state index in [0.717, 1.165) is 13.0 Å². The Balaban J connectivity index is 2.07. The molecule has 1 aromatic carbocycles. The van der Waals surface area contributed by atoms with Crippen LogP contribution in [0.4, 0.5) is 10.1 Å². The summed E-state index contributed by atoms with van der Waals surface area (Å²) in [5.74, 6) is -0.0934. The molecular weight excluding hydrogens is 235 g/mol. The lowest BCUT2D eigenvalue weighted by Gasteiger charge is -2.15. The fourth-order valence-electron chi connectivity index (χ4n) is 2.14. The highest BCUT2D eigenvalue weighted by Crippen LogP contribution is 2.22. The molecule has 0 aliphatic carbocycles.